The highest BCUT2D eigenvalue weighted by Gasteiger charge is 2.07. The lowest BCUT2D eigenvalue weighted by Crippen LogP contribution is -2.41. The number of hydrogen-bond donors (Lipinski definition) is 3. The van der Waals surface area contributed by atoms with E-state index in [1.807, 2.05) is 38.1 Å². The van der Waals surface area contributed by atoms with Gasteiger partial charge in [0.1, 0.15) is 5.76 Å². The van der Waals surface area contributed by atoms with E-state index in [0.29, 0.717) is 12.3 Å². The minimum Gasteiger partial charge on any atom is -0.467 e. The quantitative estimate of drug-likeness (QED) is 0.714. The van der Waals surface area contributed by atoms with Gasteiger partial charge in [-0.25, -0.2) is 4.79 Å². The fourth-order valence-corrected chi connectivity index (χ4v) is 2.22. The zero-order valence-corrected chi connectivity index (χ0v) is 14.8. The van der Waals surface area contributed by atoms with Gasteiger partial charge in [0.2, 0.25) is 5.91 Å². The molecule has 3 amide bonds. The van der Waals surface area contributed by atoms with Crippen LogP contribution in [-0.4, -0.2) is 32.6 Å². The van der Waals surface area contributed by atoms with Crippen LogP contribution in [0.1, 0.15) is 16.9 Å². The minimum atomic E-state index is -0.418. The van der Waals surface area contributed by atoms with E-state index in [0.717, 1.165) is 16.8 Å². The van der Waals surface area contributed by atoms with Gasteiger partial charge >= 0.3 is 6.03 Å². The maximum absolute atomic E-state index is 11.9. The molecule has 0 spiro atoms. The number of carbonyl (C=O) groups is 2. The molecule has 25 heavy (non-hydrogen) atoms. The van der Waals surface area contributed by atoms with Crippen molar-refractivity contribution >= 4 is 17.6 Å². The number of hydrogen-bond acceptors (Lipinski definition) is 4. The highest BCUT2D eigenvalue weighted by molar-refractivity contribution is 5.83. The zero-order chi connectivity index (χ0) is 18.2. The summed E-state index contributed by atoms with van der Waals surface area (Å²) >= 11 is 0. The summed E-state index contributed by atoms with van der Waals surface area (Å²) in [5, 5.41) is 7.92. The third kappa shape index (κ3) is 5.87. The first-order valence-electron chi connectivity index (χ1n) is 8.03. The molecule has 3 N–H and O–H groups in total. The number of amides is 3. The Balaban J connectivity index is 1.70. The smallest absolute Gasteiger partial charge is 0.315 e. The summed E-state index contributed by atoms with van der Waals surface area (Å²) in [5.74, 6) is 0.403. The Bertz CT molecular complexity index is 711. The lowest BCUT2D eigenvalue weighted by atomic mass is 10.1. The fraction of sp³-hybridized carbons (Fsp3) is 0.333. The number of carbonyl (C=O) groups excluding carboxylic acids is 2. The monoisotopic (exact) mass is 344 g/mol. The number of urea groups is 1. The average Bonchev–Trinajstić information content (AvgIpc) is 3.10. The largest absolute Gasteiger partial charge is 0.467 e. The third-order valence-corrected chi connectivity index (χ3v) is 3.73. The van der Waals surface area contributed by atoms with Crippen LogP contribution in [0.5, 0.6) is 0 Å². The second-order valence-corrected chi connectivity index (χ2v) is 5.90. The highest BCUT2D eigenvalue weighted by Crippen LogP contribution is 2.17. The number of nitrogens with one attached hydrogen (secondary N) is 3. The molecule has 0 aliphatic rings. The van der Waals surface area contributed by atoms with Crippen LogP contribution in [0.4, 0.5) is 10.5 Å². The van der Waals surface area contributed by atoms with Crippen molar-refractivity contribution in [3.63, 3.8) is 0 Å². The maximum Gasteiger partial charge on any atom is 0.315 e. The first-order valence-corrected chi connectivity index (χ1v) is 8.03. The summed E-state index contributed by atoms with van der Waals surface area (Å²) in [4.78, 5) is 25.5. The Labute approximate surface area is 147 Å². The summed E-state index contributed by atoms with van der Waals surface area (Å²) in [5.41, 5.74) is 3.26. The first kappa shape index (κ1) is 18.4. The minimum absolute atomic E-state index is 0.0845. The molecule has 2 aromatic rings. The van der Waals surface area contributed by atoms with E-state index >= 15 is 0 Å². The molecule has 0 unspecified atom stereocenters. The van der Waals surface area contributed by atoms with Crippen LogP contribution < -0.4 is 20.9 Å². The van der Waals surface area contributed by atoms with Crippen molar-refractivity contribution in [2.45, 2.75) is 20.0 Å². The molecule has 0 aliphatic carbocycles. The van der Waals surface area contributed by atoms with Crippen molar-refractivity contribution in [2.75, 3.05) is 25.5 Å². The summed E-state index contributed by atoms with van der Waals surface area (Å²) in [6.45, 7) is 2.62. The average molecular weight is 344 g/mol. The Morgan fingerprint density at radius 1 is 1.08 bits per heavy atom. The van der Waals surface area contributed by atoms with Crippen LogP contribution in [0.3, 0.4) is 0 Å². The third-order valence-electron chi connectivity index (χ3n) is 3.73. The van der Waals surface area contributed by atoms with E-state index in [1.165, 1.54) is 6.26 Å². The molecule has 7 heteroatoms. The molecule has 2 rings (SSSR count). The molecule has 1 aromatic heterocycles. The van der Waals surface area contributed by atoms with E-state index in [1.54, 1.807) is 12.1 Å². The van der Waals surface area contributed by atoms with Gasteiger partial charge in [0.25, 0.3) is 0 Å². The predicted octanol–water partition coefficient (Wildman–Crippen LogP) is 1.77. The molecular formula is C18H24N4O3. The number of anilines is 1. The number of aryl methyl sites for hydroxylation is 1. The van der Waals surface area contributed by atoms with E-state index < -0.39 is 6.03 Å². The van der Waals surface area contributed by atoms with Gasteiger partial charge in [-0.05, 0) is 42.3 Å². The summed E-state index contributed by atoms with van der Waals surface area (Å²) in [6.07, 6.45) is 1.54. The van der Waals surface area contributed by atoms with Crippen LogP contribution in [0.2, 0.25) is 0 Å². The Hall–Kier alpha value is -2.96. The normalized spacial score (nSPS) is 10.2. The maximum atomic E-state index is 11.9. The molecule has 134 valence electrons. The van der Waals surface area contributed by atoms with Crippen molar-refractivity contribution in [2.24, 2.45) is 0 Å². The van der Waals surface area contributed by atoms with Gasteiger partial charge in [-0.1, -0.05) is 6.07 Å². The molecule has 1 aromatic carbocycles. The van der Waals surface area contributed by atoms with Crippen molar-refractivity contribution in [3.05, 3.63) is 53.5 Å². The summed E-state index contributed by atoms with van der Waals surface area (Å²) in [7, 11) is 3.97. The first-order chi connectivity index (χ1) is 12.0. The predicted molar refractivity (Wildman–Crippen MR) is 96.3 cm³/mol. The second-order valence-electron chi connectivity index (χ2n) is 5.90. The molecule has 0 saturated carbocycles. The molecule has 0 bridgehead atoms. The second kappa shape index (κ2) is 8.77. The molecule has 0 atom stereocenters. The van der Waals surface area contributed by atoms with E-state index in [4.69, 9.17) is 4.42 Å². The SMILES string of the molecule is Cc1cc(N(C)C)ccc1CNC(=O)CNC(=O)NCc1ccco1. The topological polar surface area (TPSA) is 86.6 Å². The molecule has 0 radical (unpaired) electrons. The van der Waals surface area contributed by atoms with Crippen molar-refractivity contribution in [1.82, 2.24) is 16.0 Å². The summed E-state index contributed by atoms with van der Waals surface area (Å²) < 4.78 is 5.11. The van der Waals surface area contributed by atoms with Crippen LogP contribution in [0.25, 0.3) is 0 Å². The fourth-order valence-electron chi connectivity index (χ4n) is 2.22. The molecule has 0 aliphatic heterocycles. The van der Waals surface area contributed by atoms with Gasteiger partial charge in [0, 0.05) is 26.3 Å². The number of benzene rings is 1. The van der Waals surface area contributed by atoms with E-state index in [-0.39, 0.29) is 19.0 Å². The van der Waals surface area contributed by atoms with Gasteiger partial charge in [-0.3, -0.25) is 4.79 Å². The lowest BCUT2D eigenvalue weighted by molar-refractivity contribution is -0.120. The molecular weight excluding hydrogens is 320 g/mol. The van der Waals surface area contributed by atoms with Crippen molar-refractivity contribution in [3.8, 4) is 0 Å². The number of furan rings is 1. The molecule has 0 saturated heterocycles. The molecule has 7 nitrogen and oxygen atoms in total. The lowest BCUT2D eigenvalue weighted by Gasteiger charge is -2.15. The van der Waals surface area contributed by atoms with Gasteiger partial charge in [0.05, 0.1) is 19.4 Å². The highest BCUT2D eigenvalue weighted by atomic mass is 16.3. The van der Waals surface area contributed by atoms with Crippen LogP contribution in [-0.2, 0) is 17.9 Å². The Morgan fingerprint density at radius 2 is 1.88 bits per heavy atom. The Morgan fingerprint density at radius 3 is 2.52 bits per heavy atom. The zero-order valence-electron chi connectivity index (χ0n) is 14.8. The van der Waals surface area contributed by atoms with Crippen molar-refractivity contribution in [1.29, 1.82) is 0 Å². The van der Waals surface area contributed by atoms with E-state index in [2.05, 4.69) is 22.0 Å². The van der Waals surface area contributed by atoms with Gasteiger partial charge < -0.3 is 25.3 Å². The van der Waals surface area contributed by atoms with Crippen LogP contribution in [0, 0.1) is 6.92 Å². The van der Waals surface area contributed by atoms with Gasteiger partial charge in [0.15, 0.2) is 0 Å². The van der Waals surface area contributed by atoms with Crippen molar-refractivity contribution < 1.29 is 14.0 Å². The van der Waals surface area contributed by atoms with Crippen LogP contribution >= 0.6 is 0 Å². The van der Waals surface area contributed by atoms with Crippen LogP contribution in [0.15, 0.2) is 41.0 Å². The summed E-state index contributed by atoms with van der Waals surface area (Å²) in [6, 6.07) is 9.16. The standard InChI is InChI=1S/C18H24N4O3/c1-13-9-15(22(2)3)7-6-14(13)10-19-17(23)12-21-18(24)20-11-16-5-4-8-25-16/h4-9H,10-12H2,1-3H3,(H,19,23)(H2,20,21,24). The molecule has 0 fully saturated rings. The van der Waals surface area contributed by atoms with Gasteiger partial charge in [-0.15, -0.1) is 0 Å². The van der Waals surface area contributed by atoms with E-state index in [9.17, 15) is 9.59 Å². The molecule has 1 heterocycles. The number of nitrogens with zero attached hydrogens (tertiary/aromatic N) is 1. The Kier molecular flexibility index (Phi) is 6.45. The number of rotatable bonds is 7. The van der Waals surface area contributed by atoms with Gasteiger partial charge in [-0.2, -0.15) is 0 Å².